The van der Waals surface area contributed by atoms with Crippen LogP contribution in [0.2, 0.25) is 5.02 Å². The number of nitrogens with one attached hydrogen (secondary N) is 1. The Morgan fingerprint density at radius 3 is 2.81 bits per heavy atom. The van der Waals surface area contributed by atoms with Gasteiger partial charge in [0.15, 0.2) is 0 Å². The molecule has 1 fully saturated rings. The number of carbonyl (C=O) groups is 1. The molecule has 108 valence electrons. The Hall–Kier alpha value is -1.32. The van der Waals surface area contributed by atoms with Gasteiger partial charge in [-0.05, 0) is 48.6 Å². The zero-order valence-electron chi connectivity index (χ0n) is 11.6. The van der Waals surface area contributed by atoms with Gasteiger partial charge in [-0.25, -0.2) is 0 Å². The van der Waals surface area contributed by atoms with E-state index < -0.39 is 0 Å². The molecule has 0 bridgehead atoms. The van der Waals surface area contributed by atoms with E-state index in [2.05, 4.69) is 21.2 Å². The highest BCUT2D eigenvalue weighted by Crippen LogP contribution is 2.50. The van der Waals surface area contributed by atoms with Crippen molar-refractivity contribution in [3.63, 3.8) is 0 Å². The van der Waals surface area contributed by atoms with Gasteiger partial charge in [-0.2, -0.15) is 0 Å². The number of amides is 1. The third-order valence-electron chi connectivity index (χ3n) is 3.89. The molecular weight excluding hydrogens is 350 g/mol. The van der Waals surface area contributed by atoms with Gasteiger partial charge in [0.25, 0.3) is 0 Å². The van der Waals surface area contributed by atoms with Crippen molar-refractivity contribution in [2.75, 3.05) is 5.32 Å². The van der Waals surface area contributed by atoms with Gasteiger partial charge >= 0.3 is 0 Å². The highest BCUT2D eigenvalue weighted by molar-refractivity contribution is 9.10. The lowest BCUT2D eigenvalue weighted by atomic mass is 10.1. The monoisotopic (exact) mass is 363 g/mol. The van der Waals surface area contributed by atoms with Crippen molar-refractivity contribution in [2.24, 2.45) is 5.92 Å². The third kappa shape index (κ3) is 3.14. The van der Waals surface area contributed by atoms with Gasteiger partial charge in [0, 0.05) is 21.1 Å². The number of halogens is 2. The van der Waals surface area contributed by atoms with Crippen molar-refractivity contribution < 1.29 is 4.79 Å². The molecule has 1 saturated carbocycles. The molecule has 1 amide bonds. The first kappa shape index (κ1) is 14.6. The lowest BCUT2D eigenvalue weighted by molar-refractivity contribution is -0.117. The van der Waals surface area contributed by atoms with E-state index in [1.54, 1.807) is 0 Å². The molecule has 0 aromatic heterocycles. The minimum absolute atomic E-state index is 0.0169. The summed E-state index contributed by atoms with van der Waals surface area (Å²) in [5.41, 5.74) is 2.99. The molecule has 21 heavy (non-hydrogen) atoms. The minimum atomic E-state index is 0.0169. The first-order chi connectivity index (χ1) is 10.1. The van der Waals surface area contributed by atoms with Crippen LogP contribution in [0.15, 0.2) is 46.9 Å². The SMILES string of the molecule is Cc1ccc(Br)cc1NC(=O)C1CC1c1ccccc1Cl. The molecule has 3 rings (SSSR count). The van der Waals surface area contributed by atoms with Crippen LogP contribution in [-0.4, -0.2) is 5.91 Å². The van der Waals surface area contributed by atoms with E-state index in [4.69, 9.17) is 11.6 Å². The molecule has 0 radical (unpaired) electrons. The van der Waals surface area contributed by atoms with Crippen molar-refractivity contribution in [2.45, 2.75) is 19.3 Å². The van der Waals surface area contributed by atoms with Crippen molar-refractivity contribution in [1.82, 2.24) is 0 Å². The van der Waals surface area contributed by atoms with Crippen LogP contribution < -0.4 is 5.32 Å². The molecule has 2 aromatic carbocycles. The Bertz CT molecular complexity index is 701. The second-order valence-corrected chi connectivity index (χ2v) is 6.74. The predicted octanol–water partition coefficient (Wildman–Crippen LogP) is 5.15. The van der Waals surface area contributed by atoms with E-state index in [0.717, 1.165) is 32.7 Å². The second kappa shape index (κ2) is 5.82. The van der Waals surface area contributed by atoms with Crippen LogP contribution in [0.5, 0.6) is 0 Å². The molecule has 0 saturated heterocycles. The van der Waals surface area contributed by atoms with Gasteiger partial charge in [0.2, 0.25) is 5.91 Å². The van der Waals surface area contributed by atoms with Crippen LogP contribution in [0.3, 0.4) is 0 Å². The fraction of sp³-hybridized carbons (Fsp3) is 0.235. The van der Waals surface area contributed by atoms with E-state index in [1.807, 2.05) is 49.4 Å². The van der Waals surface area contributed by atoms with Crippen molar-refractivity contribution in [3.05, 3.63) is 63.1 Å². The Morgan fingerprint density at radius 1 is 1.29 bits per heavy atom. The molecule has 0 spiro atoms. The maximum atomic E-state index is 12.4. The van der Waals surface area contributed by atoms with Crippen molar-refractivity contribution in [1.29, 1.82) is 0 Å². The second-order valence-electron chi connectivity index (χ2n) is 5.42. The number of anilines is 1. The number of rotatable bonds is 3. The van der Waals surface area contributed by atoms with Gasteiger partial charge < -0.3 is 5.32 Å². The summed E-state index contributed by atoms with van der Waals surface area (Å²) in [5.74, 6) is 0.329. The highest BCUT2D eigenvalue weighted by Gasteiger charge is 2.44. The summed E-state index contributed by atoms with van der Waals surface area (Å²) in [7, 11) is 0. The zero-order chi connectivity index (χ0) is 15.0. The minimum Gasteiger partial charge on any atom is -0.326 e. The average Bonchev–Trinajstić information content (AvgIpc) is 3.24. The molecule has 4 heteroatoms. The number of hydrogen-bond donors (Lipinski definition) is 1. The number of benzene rings is 2. The van der Waals surface area contributed by atoms with Crippen LogP contribution >= 0.6 is 27.5 Å². The van der Waals surface area contributed by atoms with Crippen LogP contribution in [0.4, 0.5) is 5.69 Å². The molecule has 1 N–H and O–H groups in total. The smallest absolute Gasteiger partial charge is 0.228 e. The topological polar surface area (TPSA) is 29.1 Å². The number of hydrogen-bond acceptors (Lipinski definition) is 1. The summed E-state index contributed by atoms with van der Waals surface area (Å²) < 4.78 is 0.960. The van der Waals surface area contributed by atoms with E-state index >= 15 is 0 Å². The highest BCUT2D eigenvalue weighted by atomic mass is 79.9. The molecule has 2 atom stereocenters. The fourth-order valence-electron chi connectivity index (χ4n) is 2.56. The van der Waals surface area contributed by atoms with Crippen molar-refractivity contribution >= 4 is 39.1 Å². The van der Waals surface area contributed by atoms with E-state index in [0.29, 0.717) is 0 Å². The first-order valence-corrected chi connectivity index (χ1v) is 8.05. The Kier molecular flexibility index (Phi) is 4.05. The quantitative estimate of drug-likeness (QED) is 0.801. The fourth-order valence-corrected chi connectivity index (χ4v) is 3.20. The maximum Gasteiger partial charge on any atom is 0.228 e. The first-order valence-electron chi connectivity index (χ1n) is 6.87. The Labute approximate surface area is 137 Å². The zero-order valence-corrected chi connectivity index (χ0v) is 13.9. The van der Waals surface area contributed by atoms with Gasteiger partial charge in [0.05, 0.1) is 0 Å². The van der Waals surface area contributed by atoms with Crippen LogP contribution in [0.25, 0.3) is 0 Å². The van der Waals surface area contributed by atoms with Gasteiger partial charge in [-0.3, -0.25) is 4.79 Å². The molecule has 0 heterocycles. The van der Waals surface area contributed by atoms with Crippen LogP contribution in [0, 0.1) is 12.8 Å². The largest absolute Gasteiger partial charge is 0.326 e. The third-order valence-corrected chi connectivity index (χ3v) is 4.73. The lowest BCUT2D eigenvalue weighted by Crippen LogP contribution is -2.15. The van der Waals surface area contributed by atoms with Crippen LogP contribution in [-0.2, 0) is 4.79 Å². The van der Waals surface area contributed by atoms with E-state index in [-0.39, 0.29) is 17.7 Å². The maximum absolute atomic E-state index is 12.4. The molecule has 1 aliphatic rings. The molecule has 2 unspecified atom stereocenters. The number of carbonyl (C=O) groups excluding carboxylic acids is 1. The summed E-state index contributed by atoms with van der Waals surface area (Å²) in [6.07, 6.45) is 0.864. The number of aryl methyl sites for hydroxylation is 1. The summed E-state index contributed by atoms with van der Waals surface area (Å²) in [5, 5.41) is 3.77. The summed E-state index contributed by atoms with van der Waals surface area (Å²) in [6, 6.07) is 13.6. The standard InChI is InChI=1S/C17H15BrClNO/c1-10-6-7-11(18)8-16(10)20-17(21)14-9-13(14)12-4-2-3-5-15(12)19/h2-8,13-14H,9H2,1H3,(H,20,21). The van der Waals surface area contributed by atoms with Gasteiger partial charge in [-0.15, -0.1) is 0 Å². The lowest BCUT2D eigenvalue weighted by Gasteiger charge is -2.09. The molecule has 2 aromatic rings. The average molecular weight is 365 g/mol. The van der Waals surface area contributed by atoms with Gasteiger partial charge in [-0.1, -0.05) is 51.8 Å². The Morgan fingerprint density at radius 2 is 2.05 bits per heavy atom. The normalized spacial score (nSPS) is 20.1. The molecular formula is C17H15BrClNO. The molecule has 2 nitrogen and oxygen atoms in total. The van der Waals surface area contributed by atoms with Crippen molar-refractivity contribution in [3.8, 4) is 0 Å². The molecule has 0 aliphatic heterocycles. The summed E-state index contributed by atoms with van der Waals surface area (Å²) in [4.78, 5) is 12.4. The van der Waals surface area contributed by atoms with E-state index in [9.17, 15) is 4.79 Å². The molecule has 1 aliphatic carbocycles. The summed E-state index contributed by atoms with van der Waals surface area (Å²) >= 11 is 9.63. The predicted molar refractivity (Wildman–Crippen MR) is 89.8 cm³/mol. The van der Waals surface area contributed by atoms with E-state index in [1.165, 1.54) is 0 Å². The Balaban J connectivity index is 1.71. The van der Waals surface area contributed by atoms with Crippen LogP contribution in [0.1, 0.15) is 23.5 Å². The van der Waals surface area contributed by atoms with Gasteiger partial charge in [0.1, 0.15) is 0 Å². The summed E-state index contributed by atoms with van der Waals surface area (Å²) in [6.45, 7) is 1.99.